The maximum Gasteiger partial charge on any atom is 0.290 e. The zero-order valence-electron chi connectivity index (χ0n) is 21.8. The van der Waals surface area contributed by atoms with Gasteiger partial charge in [0.2, 0.25) is 16.0 Å². The SMILES string of the molecule is Cc1cc(-c2ccccc2)cc(C)[n+]1CC(=O)Nc1ccc(S(=O)(=O)Nc2nnc(S(N)(=O)=O)s2)cc1.[O-][Cl+3]([O-])([O-])[O-]. The van der Waals surface area contributed by atoms with Gasteiger partial charge in [-0.05, 0) is 35.4 Å². The first kappa shape index (κ1) is 32.9. The summed E-state index contributed by atoms with van der Waals surface area (Å²) in [5.74, 6) is -0.276. The van der Waals surface area contributed by atoms with Crippen molar-refractivity contribution in [3.8, 4) is 11.1 Å². The molecule has 19 heteroatoms. The smallest absolute Gasteiger partial charge is 0.290 e. The minimum Gasteiger partial charge on any atom is -0.321 e. The summed E-state index contributed by atoms with van der Waals surface area (Å²) in [5, 5.41) is 14.3. The van der Waals surface area contributed by atoms with Crippen LogP contribution in [-0.4, -0.2) is 32.9 Å². The van der Waals surface area contributed by atoms with Gasteiger partial charge < -0.3 is 5.32 Å². The lowest BCUT2D eigenvalue weighted by Crippen LogP contribution is -2.68. The van der Waals surface area contributed by atoms with Crippen molar-refractivity contribution in [3.05, 3.63) is 78.1 Å². The molecule has 0 fully saturated rings. The fraction of sp³-hybridized carbons (Fsp3) is 0.130. The van der Waals surface area contributed by atoms with Crippen molar-refractivity contribution in [2.24, 2.45) is 5.14 Å². The number of aromatic nitrogens is 3. The van der Waals surface area contributed by atoms with E-state index in [9.17, 15) is 21.6 Å². The summed E-state index contributed by atoms with van der Waals surface area (Å²) in [4.78, 5) is 12.6. The van der Waals surface area contributed by atoms with E-state index in [1.54, 1.807) is 0 Å². The Morgan fingerprint density at radius 2 is 1.45 bits per heavy atom. The second-order valence-electron chi connectivity index (χ2n) is 8.45. The van der Waals surface area contributed by atoms with E-state index in [0.717, 1.165) is 22.5 Å². The number of nitrogens with zero attached hydrogens (tertiary/aromatic N) is 3. The highest BCUT2D eigenvalue weighted by atomic mass is 35.7. The Hall–Kier alpha value is -3.59. The Morgan fingerprint density at radius 1 is 0.905 bits per heavy atom. The van der Waals surface area contributed by atoms with Crippen LogP contribution >= 0.6 is 11.3 Å². The standard InChI is InChI=1S/C23H22N6O5S3.ClHO4/c1-15-12-18(17-6-4-3-5-7-17)13-16(2)29(15)14-21(30)25-19-8-10-20(11-9-19)37(33,34)28-22-26-27-23(35-22)36(24,31)32;2-1(3,4)5/h3-13H,14H2,1-2H3,(H3-,24,25,26,28,30,31,32);(H,2,3,4,5). The molecule has 4 aromatic rings. The largest absolute Gasteiger partial charge is 0.321 e. The number of aryl methyl sites for hydroxylation is 2. The third kappa shape index (κ3) is 9.76. The second-order valence-corrected chi connectivity index (χ2v) is 13.6. The van der Waals surface area contributed by atoms with Crippen LogP contribution in [0.5, 0.6) is 0 Å². The number of hydrogen-bond acceptors (Lipinski definition) is 12. The van der Waals surface area contributed by atoms with Crippen LogP contribution in [0.2, 0.25) is 0 Å². The molecule has 0 aliphatic rings. The molecule has 0 spiro atoms. The fourth-order valence-electron chi connectivity index (χ4n) is 3.57. The fourth-order valence-corrected chi connectivity index (χ4v) is 6.14. The summed E-state index contributed by atoms with van der Waals surface area (Å²) in [5.41, 5.74) is 4.40. The van der Waals surface area contributed by atoms with E-state index >= 15 is 0 Å². The molecule has 0 atom stereocenters. The summed E-state index contributed by atoms with van der Waals surface area (Å²) in [6.45, 7) is 3.95. The quantitative estimate of drug-likeness (QED) is 0.166. The molecule has 0 aliphatic heterocycles. The van der Waals surface area contributed by atoms with Crippen LogP contribution in [0.25, 0.3) is 11.1 Å². The normalized spacial score (nSPS) is 11.8. The Morgan fingerprint density at radius 3 is 1.95 bits per heavy atom. The van der Waals surface area contributed by atoms with Crippen LogP contribution in [0.15, 0.2) is 76.0 Å². The van der Waals surface area contributed by atoms with Crippen molar-refractivity contribution in [2.45, 2.75) is 29.6 Å². The average molecular weight is 659 g/mol. The van der Waals surface area contributed by atoms with Gasteiger partial charge in [0.15, 0.2) is 11.4 Å². The number of halogens is 1. The molecule has 2 heterocycles. The number of benzene rings is 2. The van der Waals surface area contributed by atoms with E-state index in [1.807, 2.05) is 60.9 Å². The van der Waals surface area contributed by atoms with Gasteiger partial charge in [-0.15, -0.1) is 20.4 Å². The van der Waals surface area contributed by atoms with Gasteiger partial charge >= 0.3 is 0 Å². The van der Waals surface area contributed by atoms with Gasteiger partial charge in [0, 0.05) is 31.7 Å². The highest BCUT2D eigenvalue weighted by Gasteiger charge is 2.21. The first-order chi connectivity index (χ1) is 19.4. The second kappa shape index (κ2) is 13.2. The summed E-state index contributed by atoms with van der Waals surface area (Å²) >= 11 is 0.491. The van der Waals surface area contributed by atoms with Gasteiger partial charge in [0.25, 0.3) is 26.0 Å². The molecule has 15 nitrogen and oxygen atoms in total. The summed E-state index contributed by atoms with van der Waals surface area (Å²) in [6.07, 6.45) is 0. The first-order valence-electron chi connectivity index (χ1n) is 11.4. The molecule has 0 saturated heterocycles. The molecule has 4 rings (SSSR count). The lowest BCUT2D eigenvalue weighted by molar-refractivity contribution is -2.00. The Balaban J connectivity index is 0.000000892. The number of anilines is 2. The van der Waals surface area contributed by atoms with E-state index in [-0.39, 0.29) is 22.5 Å². The first-order valence-corrected chi connectivity index (χ1v) is 16.5. The number of nitrogens with two attached hydrogens (primary N) is 1. The molecule has 0 unspecified atom stereocenters. The van der Waals surface area contributed by atoms with Gasteiger partial charge in [0.1, 0.15) is 0 Å². The monoisotopic (exact) mass is 658 g/mol. The lowest BCUT2D eigenvalue weighted by Gasteiger charge is -2.17. The molecule has 2 aromatic carbocycles. The minimum atomic E-state index is -4.94. The number of amides is 1. The Bertz CT molecular complexity index is 1750. The maximum absolute atomic E-state index is 12.7. The van der Waals surface area contributed by atoms with Gasteiger partial charge in [-0.3, -0.25) is 9.52 Å². The van der Waals surface area contributed by atoms with Crippen LogP contribution in [0.4, 0.5) is 10.8 Å². The molecule has 4 N–H and O–H groups in total. The molecule has 0 bridgehead atoms. The Kier molecular flexibility index (Phi) is 10.3. The number of carbonyl (C=O) groups is 1. The van der Waals surface area contributed by atoms with Crippen LogP contribution in [0, 0.1) is 24.1 Å². The van der Waals surface area contributed by atoms with Crippen LogP contribution < -0.4 is 38.4 Å². The third-order valence-corrected chi connectivity index (χ3v) is 8.94. The summed E-state index contributed by atoms with van der Waals surface area (Å²) in [7, 11) is -13.1. The minimum absolute atomic E-state index is 0.0811. The molecule has 0 saturated carbocycles. The maximum atomic E-state index is 12.7. The number of carbonyl (C=O) groups excluding carboxylic acids is 1. The third-order valence-electron chi connectivity index (χ3n) is 5.31. The lowest BCUT2D eigenvalue weighted by atomic mass is 10.0. The zero-order valence-corrected chi connectivity index (χ0v) is 25.0. The Labute approximate surface area is 246 Å². The highest BCUT2D eigenvalue weighted by Crippen LogP contribution is 2.23. The number of rotatable bonds is 8. The number of hydrogen-bond donors (Lipinski definition) is 3. The molecule has 42 heavy (non-hydrogen) atoms. The van der Waals surface area contributed by atoms with Crippen molar-refractivity contribution in [1.82, 2.24) is 10.2 Å². The molecular formula is C23H23ClN6O9S3. The molecule has 0 aliphatic carbocycles. The van der Waals surface area contributed by atoms with Gasteiger partial charge in [-0.25, -0.2) is 40.6 Å². The van der Waals surface area contributed by atoms with E-state index < -0.39 is 34.6 Å². The summed E-state index contributed by atoms with van der Waals surface area (Å²) in [6, 6.07) is 19.5. The number of nitrogens with one attached hydrogen (secondary N) is 2. The highest BCUT2D eigenvalue weighted by molar-refractivity contribution is 7.93. The van der Waals surface area contributed by atoms with Crippen LogP contribution in [0.1, 0.15) is 11.4 Å². The number of sulfonamides is 2. The van der Waals surface area contributed by atoms with Crippen molar-refractivity contribution in [1.29, 1.82) is 0 Å². The average Bonchev–Trinajstić information content (AvgIpc) is 3.34. The van der Waals surface area contributed by atoms with Crippen molar-refractivity contribution < 1.29 is 55.1 Å². The van der Waals surface area contributed by atoms with Gasteiger partial charge in [-0.2, -0.15) is 4.57 Å². The summed E-state index contributed by atoms with van der Waals surface area (Å²) < 4.78 is 85.3. The van der Waals surface area contributed by atoms with Gasteiger partial charge in [-0.1, -0.05) is 41.7 Å². The van der Waals surface area contributed by atoms with Crippen molar-refractivity contribution in [3.63, 3.8) is 0 Å². The van der Waals surface area contributed by atoms with Crippen LogP contribution in [0.3, 0.4) is 0 Å². The van der Waals surface area contributed by atoms with Crippen molar-refractivity contribution >= 4 is 48.1 Å². The zero-order chi connectivity index (χ0) is 31.3. The topological polar surface area (TPSA) is 257 Å². The van der Waals surface area contributed by atoms with E-state index in [2.05, 4.69) is 20.2 Å². The predicted octanol–water partition coefficient (Wildman–Crippen LogP) is -2.56. The number of pyridine rings is 1. The molecule has 0 radical (unpaired) electrons. The van der Waals surface area contributed by atoms with Crippen LogP contribution in [-0.2, 0) is 31.4 Å². The van der Waals surface area contributed by atoms with Gasteiger partial charge in [0.05, 0.1) is 4.90 Å². The number of primary sulfonamides is 1. The molecule has 2 aromatic heterocycles. The predicted molar refractivity (Wildman–Crippen MR) is 139 cm³/mol. The molecule has 1 amide bonds. The van der Waals surface area contributed by atoms with Crippen molar-refractivity contribution in [2.75, 3.05) is 10.0 Å². The van der Waals surface area contributed by atoms with E-state index in [1.165, 1.54) is 24.3 Å². The van der Waals surface area contributed by atoms with E-state index in [4.69, 9.17) is 23.8 Å². The molecular weight excluding hydrogens is 636 g/mol. The van der Waals surface area contributed by atoms with E-state index in [0.29, 0.717) is 17.0 Å². The molecule has 224 valence electrons.